The highest BCUT2D eigenvalue weighted by atomic mass is 15.1. The van der Waals surface area contributed by atoms with Gasteiger partial charge in [-0.1, -0.05) is 262 Å². The van der Waals surface area contributed by atoms with Crippen molar-refractivity contribution < 1.29 is 0 Å². The molecule has 9 rings (SSSR count). The summed E-state index contributed by atoms with van der Waals surface area (Å²) in [5, 5.41) is 0. The van der Waals surface area contributed by atoms with Crippen molar-refractivity contribution in [2.75, 3.05) is 16.3 Å². The Morgan fingerprint density at radius 2 is 0.974 bits per heavy atom. The Morgan fingerprint density at radius 3 is 1.43 bits per heavy atom. The standard InChI is InChI=1S/C75H82N2/c1-18-27-61-64(48-49-76(52(3)35-34-51(2)70(4,5)6)58-42-36-53(37-43-58)71(7,8)9)75(56-28-21-19-22-29-56,57-30-23-20-24-31-57)65-50-66(68-62-32-25-26-33-63(62)74(16,17)69(68)67(61)65)77(59-44-38-54(39-45-59)72(10,11)12)60-46-40-55(41-47-60)73(13,14)15/h18-48,50H,1-3,49H2,4-17H3/b35-34-,61-27?,64-48+. The van der Waals surface area contributed by atoms with Gasteiger partial charge in [-0.15, -0.1) is 0 Å². The number of allylic oxidation sites excluding steroid dienone is 7. The van der Waals surface area contributed by atoms with Crippen LogP contribution in [0.5, 0.6) is 0 Å². The molecular formula is C75H82N2. The second-order valence-corrected chi connectivity index (χ2v) is 26.1. The number of hydrogen-bond donors (Lipinski definition) is 0. The minimum absolute atomic E-state index is 0.00552. The molecule has 7 aromatic carbocycles. The van der Waals surface area contributed by atoms with E-state index in [0.717, 1.165) is 34.0 Å². The summed E-state index contributed by atoms with van der Waals surface area (Å²) in [4.78, 5) is 4.90. The van der Waals surface area contributed by atoms with Gasteiger partial charge >= 0.3 is 0 Å². The lowest BCUT2D eigenvalue weighted by Gasteiger charge is -2.37. The molecule has 2 aliphatic carbocycles. The Balaban J connectivity index is 1.41. The first-order valence-electron chi connectivity index (χ1n) is 27.7. The third kappa shape index (κ3) is 9.97. The van der Waals surface area contributed by atoms with Crippen molar-refractivity contribution in [1.29, 1.82) is 0 Å². The average Bonchev–Trinajstić information content (AvgIpc) is 3.93. The van der Waals surface area contributed by atoms with Crippen molar-refractivity contribution in [3.63, 3.8) is 0 Å². The van der Waals surface area contributed by atoms with Gasteiger partial charge in [-0.2, -0.15) is 0 Å². The molecule has 2 nitrogen and oxygen atoms in total. The average molecular weight is 1010 g/mol. The number of fused-ring (bicyclic) bond motifs is 5. The molecule has 0 aliphatic heterocycles. The zero-order valence-corrected chi connectivity index (χ0v) is 48.7. The summed E-state index contributed by atoms with van der Waals surface area (Å²) in [6, 6.07) is 61.9. The maximum Gasteiger partial charge on any atom is 0.0712 e. The summed E-state index contributed by atoms with van der Waals surface area (Å²) in [5.41, 5.74) is 21.4. The fourth-order valence-electron chi connectivity index (χ4n) is 11.8. The van der Waals surface area contributed by atoms with E-state index in [-0.39, 0.29) is 21.7 Å². The lowest BCUT2D eigenvalue weighted by atomic mass is 9.67. The fraction of sp³-hybridized carbons (Fsp3) is 0.280. The number of hydrogen-bond acceptors (Lipinski definition) is 2. The van der Waals surface area contributed by atoms with Crippen molar-refractivity contribution in [3.8, 4) is 11.1 Å². The Hall–Kier alpha value is -7.42. The van der Waals surface area contributed by atoms with Gasteiger partial charge in [0.2, 0.25) is 0 Å². The van der Waals surface area contributed by atoms with Gasteiger partial charge in [0.1, 0.15) is 0 Å². The van der Waals surface area contributed by atoms with Gasteiger partial charge in [-0.3, -0.25) is 0 Å². The predicted molar refractivity (Wildman–Crippen MR) is 334 cm³/mol. The molecule has 2 heteroatoms. The molecule has 0 N–H and O–H groups in total. The van der Waals surface area contributed by atoms with Crippen molar-refractivity contribution in [2.45, 2.75) is 124 Å². The maximum absolute atomic E-state index is 4.80. The van der Waals surface area contributed by atoms with E-state index in [2.05, 4.69) is 308 Å². The molecular weight excluding hydrogens is 929 g/mol. The van der Waals surface area contributed by atoms with Gasteiger partial charge in [-0.25, -0.2) is 0 Å². The molecule has 0 saturated carbocycles. The molecule has 2 aliphatic rings. The molecule has 0 amide bonds. The molecule has 77 heavy (non-hydrogen) atoms. The zero-order chi connectivity index (χ0) is 55.5. The van der Waals surface area contributed by atoms with Crippen LogP contribution in [0.1, 0.15) is 147 Å². The van der Waals surface area contributed by atoms with Crippen LogP contribution in [0.4, 0.5) is 22.7 Å². The van der Waals surface area contributed by atoms with Crippen molar-refractivity contribution in [2.24, 2.45) is 5.41 Å². The van der Waals surface area contributed by atoms with Crippen LogP contribution in [0.15, 0.2) is 231 Å². The lowest BCUT2D eigenvalue weighted by molar-refractivity contribution is 0.519. The molecule has 7 aromatic rings. The Labute approximate surface area is 463 Å². The first-order valence-corrected chi connectivity index (χ1v) is 27.7. The molecule has 0 unspecified atom stereocenters. The minimum Gasteiger partial charge on any atom is -0.338 e. The zero-order valence-electron chi connectivity index (χ0n) is 48.7. The van der Waals surface area contributed by atoms with E-state index in [9.17, 15) is 0 Å². The number of nitrogens with zero attached hydrogens (tertiary/aromatic N) is 2. The van der Waals surface area contributed by atoms with Crippen LogP contribution in [0.3, 0.4) is 0 Å². The van der Waals surface area contributed by atoms with Crippen LogP contribution in [-0.2, 0) is 27.1 Å². The maximum atomic E-state index is 4.80. The highest BCUT2D eigenvalue weighted by molar-refractivity contribution is 6.05. The van der Waals surface area contributed by atoms with Crippen molar-refractivity contribution in [3.05, 3.63) is 281 Å². The van der Waals surface area contributed by atoms with Crippen LogP contribution < -0.4 is 9.80 Å². The van der Waals surface area contributed by atoms with Gasteiger partial charge in [-0.05, 0) is 143 Å². The van der Waals surface area contributed by atoms with E-state index in [1.807, 2.05) is 6.08 Å². The van der Waals surface area contributed by atoms with Crippen LogP contribution in [0.2, 0.25) is 0 Å². The molecule has 0 aromatic heterocycles. The highest BCUT2D eigenvalue weighted by Gasteiger charge is 2.53. The first-order chi connectivity index (χ1) is 36.3. The van der Waals surface area contributed by atoms with Gasteiger partial charge in [0.05, 0.1) is 11.1 Å². The summed E-state index contributed by atoms with van der Waals surface area (Å²) in [6.45, 7) is 46.4. The van der Waals surface area contributed by atoms with Gasteiger partial charge < -0.3 is 9.80 Å². The van der Waals surface area contributed by atoms with E-state index in [4.69, 9.17) is 6.58 Å². The third-order valence-corrected chi connectivity index (χ3v) is 16.4. The third-order valence-electron chi connectivity index (χ3n) is 16.4. The summed E-state index contributed by atoms with van der Waals surface area (Å²) in [5.74, 6) is 0. The number of anilines is 4. The minimum atomic E-state index is -0.779. The van der Waals surface area contributed by atoms with E-state index in [0.29, 0.717) is 6.54 Å². The molecule has 392 valence electrons. The smallest absolute Gasteiger partial charge is 0.0712 e. The highest BCUT2D eigenvalue weighted by Crippen LogP contribution is 2.65. The Kier molecular flexibility index (Phi) is 14.3. The molecule has 0 fully saturated rings. The van der Waals surface area contributed by atoms with Gasteiger partial charge in [0.15, 0.2) is 0 Å². The molecule has 0 spiro atoms. The summed E-state index contributed by atoms with van der Waals surface area (Å²) < 4.78 is 0. The van der Waals surface area contributed by atoms with Crippen molar-refractivity contribution >= 4 is 28.3 Å². The van der Waals surface area contributed by atoms with E-state index in [1.54, 1.807) is 0 Å². The molecule has 0 heterocycles. The summed E-state index contributed by atoms with van der Waals surface area (Å²) in [7, 11) is 0. The fourth-order valence-corrected chi connectivity index (χ4v) is 11.8. The monoisotopic (exact) mass is 1010 g/mol. The van der Waals surface area contributed by atoms with E-state index < -0.39 is 10.8 Å². The van der Waals surface area contributed by atoms with Gasteiger partial charge in [0, 0.05) is 40.3 Å². The lowest BCUT2D eigenvalue weighted by Crippen LogP contribution is -2.30. The van der Waals surface area contributed by atoms with Crippen molar-refractivity contribution in [1.82, 2.24) is 0 Å². The second-order valence-electron chi connectivity index (χ2n) is 26.1. The molecule has 0 saturated heterocycles. The first kappa shape index (κ1) is 54.4. The van der Waals surface area contributed by atoms with Gasteiger partial charge in [0.25, 0.3) is 0 Å². The molecule has 0 atom stereocenters. The van der Waals surface area contributed by atoms with E-state index >= 15 is 0 Å². The molecule has 0 bridgehead atoms. The number of rotatable bonds is 12. The van der Waals surface area contributed by atoms with Crippen LogP contribution in [0.25, 0.3) is 16.7 Å². The SMILES string of the molecule is C=CC=C1/C(=C\CN(C(=C)/C=C\C(=C)C(C)(C)C)c2ccc(C(C)(C)C)cc2)C(c2ccccc2)(c2ccccc2)c2cc(N(c3ccc(C(C)(C)C)cc3)c3ccc(C(C)(C)C)cc3)c3c(c21)C(C)(C)c1ccccc1-3. The summed E-state index contributed by atoms with van der Waals surface area (Å²) >= 11 is 0. The quantitative estimate of drug-likeness (QED) is 0.113. The van der Waals surface area contributed by atoms with Crippen LogP contribution in [0, 0.1) is 5.41 Å². The topological polar surface area (TPSA) is 6.48 Å². The normalized spacial score (nSPS) is 15.8. The largest absolute Gasteiger partial charge is 0.338 e. The number of benzene rings is 7. The Morgan fingerprint density at radius 1 is 0.519 bits per heavy atom. The summed E-state index contributed by atoms with van der Waals surface area (Å²) in [6.07, 6.45) is 11.1. The van der Waals surface area contributed by atoms with E-state index in [1.165, 1.54) is 72.3 Å². The van der Waals surface area contributed by atoms with Crippen LogP contribution in [-0.4, -0.2) is 6.54 Å². The Bertz CT molecular complexity index is 3340. The molecule has 0 radical (unpaired) electrons. The predicted octanol–water partition coefficient (Wildman–Crippen LogP) is 20.4. The van der Waals surface area contributed by atoms with Crippen LogP contribution >= 0.6 is 0 Å². The second kappa shape index (κ2) is 20.2.